The summed E-state index contributed by atoms with van der Waals surface area (Å²) in [4.78, 5) is 25.3. The third-order valence-electron chi connectivity index (χ3n) is 4.47. The Morgan fingerprint density at radius 3 is 2.41 bits per heavy atom. The van der Waals surface area contributed by atoms with Crippen molar-refractivity contribution in [3.63, 3.8) is 0 Å². The molecule has 0 aliphatic heterocycles. The van der Waals surface area contributed by atoms with E-state index in [1.54, 1.807) is 0 Å². The van der Waals surface area contributed by atoms with Crippen molar-refractivity contribution in [2.24, 2.45) is 5.92 Å². The summed E-state index contributed by atoms with van der Waals surface area (Å²) in [7, 11) is 0. The molecule has 0 fully saturated rings. The van der Waals surface area contributed by atoms with E-state index in [2.05, 4.69) is 13.8 Å². The van der Waals surface area contributed by atoms with Crippen molar-refractivity contribution >= 4 is 11.6 Å². The zero-order valence-electron chi connectivity index (χ0n) is 13.7. The molecule has 1 atom stereocenters. The summed E-state index contributed by atoms with van der Waals surface area (Å²) >= 11 is 0. The highest BCUT2D eigenvalue weighted by Crippen LogP contribution is 2.37. The Morgan fingerprint density at radius 2 is 1.77 bits per heavy atom. The number of ketones is 2. The average molecular weight is 298 g/mol. The van der Waals surface area contributed by atoms with E-state index in [0.29, 0.717) is 12.0 Å². The number of benzene rings is 1. The summed E-state index contributed by atoms with van der Waals surface area (Å²) < 4.78 is 0. The van der Waals surface area contributed by atoms with Crippen molar-refractivity contribution in [1.82, 2.24) is 0 Å². The van der Waals surface area contributed by atoms with Gasteiger partial charge in [-0.1, -0.05) is 63.4 Å². The largest absolute Gasteiger partial charge is 0.295 e. The second-order valence-corrected chi connectivity index (χ2v) is 6.16. The van der Waals surface area contributed by atoms with Gasteiger partial charge in [-0.3, -0.25) is 9.59 Å². The Bertz CT molecular complexity index is 554. The molecular formula is C20H26O2. The van der Waals surface area contributed by atoms with E-state index >= 15 is 0 Å². The molecule has 0 radical (unpaired) electrons. The van der Waals surface area contributed by atoms with Gasteiger partial charge in [0.1, 0.15) is 0 Å². The molecule has 0 saturated heterocycles. The van der Waals surface area contributed by atoms with Crippen molar-refractivity contribution in [3.8, 4) is 0 Å². The fourth-order valence-corrected chi connectivity index (χ4v) is 3.24. The van der Waals surface area contributed by atoms with Crippen LogP contribution in [0.3, 0.4) is 0 Å². The van der Waals surface area contributed by atoms with Gasteiger partial charge in [0.25, 0.3) is 0 Å². The molecule has 0 saturated carbocycles. The minimum atomic E-state index is 0.0682. The molecule has 0 bridgehead atoms. The van der Waals surface area contributed by atoms with Gasteiger partial charge in [-0.2, -0.15) is 0 Å². The molecule has 118 valence electrons. The first-order valence-electron chi connectivity index (χ1n) is 8.55. The molecule has 22 heavy (non-hydrogen) atoms. The fraction of sp³-hybridized carbons (Fsp3) is 0.500. The maximum atomic E-state index is 12.9. The second-order valence-electron chi connectivity index (χ2n) is 6.16. The number of allylic oxidation sites excluding steroid dienone is 2. The Labute approximate surface area is 133 Å². The van der Waals surface area contributed by atoms with Crippen molar-refractivity contribution < 1.29 is 9.59 Å². The molecule has 0 heterocycles. The second kappa shape index (κ2) is 8.07. The van der Waals surface area contributed by atoms with Crippen LogP contribution in [0.4, 0.5) is 0 Å². The third kappa shape index (κ3) is 3.73. The molecule has 1 aliphatic carbocycles. The van der Waals surface area contributed by atoms with E-state index in [1.165, 1.54) is 0 Å². The Kier molecular flexibility index (Phi) is 6.11. The monoisotopic (exact) mass is 298 g/mol. The van der Waals surface area contributed by atoms with E-state index in [9.17, 15) is 9.59 Å². The first-order valence-corrected chi connectivity index (χ1v) is 8.55. The number of hydrogen-bond acceptors (Lipinski definition) is 2. The first-order chi connectivity index (χ1) is 10.7. The Hall–Kier alpha value is -1.70. The van der Waals surface area contributed by atoms with Crippen molar-refractivity contribution in [2.45, 2.75) is 58.8 Å². The lowest BCUT2D eigenvalue weighted by Crippen LogP contribution is -2.11. The summed E-state index contributed by atoms with van der Waals surface area (Å²) in [6, 6.07) is 9.39. The molecule has 1 unspecified atom stereocenters. The summed E-state index contributed by atoms with van der Waals surface area (Å²) in [6.07, 6.45) is 6.44. The number of rotatable bonds is 8. The van der Waals surface area contributed by atoms with Gasteiger partial charge in [0, 0.05) is 23.1 Å². The zero-order chi connectivity index (χ0) is 15.9. The normalized spacial score (nSPS) is 18.1. The van der Waals surface area contributed by atoms with Crippen LogP contribution in [0, 0.1) is 5.92 Å². The van der Waals surface area contributed by atoms with Gasteiger partial charge in [-0.15, -0.1) is 0 Å². The lowest BCUT2D eigenvalue weighted by atomic mass is 9.88. The molecule has 1 aromatic carbocycles. The first kappa shape index (κ1) is 16.7. The summed E-state index contributed by atoms with van der Waals surface area (Å²) in [5.41, 5.74) is 2.35. The van der Waals surface area contributed by atoms with E-state index in [-0.39, 0.29) is 17.5 Å². The molecule has 1 aromatic rings. The molecule has 2 nitrogen and oxygen atoms in total. The highest BCUT2D eigenvalue weighted by molar-refractivity contribution is 6.16. The third-order valence-corrected chi connectivity index (χ3v) is 4.47. The summed E-state index contributed by atoms with van der Waals surface area (Å²) in [6.45, 7) is 4.27. The lowest BCUT2D eigenvalue weighted by molar-refractivity contribution is -0.115. The number of carbonyl (C=O) groups is 2. The van der Waals surface area contributed by atoms with Gasteiger partial charge in [0.05, 0.1) is 0 Å². The van der Waals surface area contributed by atoms with Crippen LogP contribution >= 0.6 is 0 Å². The Morgan fingerprint density at radius 1 is 1.09 bits per heavy atom. The predicted molar refractivity (Wildman–Crippen MR) is 90.0 cm³/mol. The lowest BCUT2D eigenvalue weighted by Gasteiger charge is -2.14. The summed E-state index contributed by atoms with van der Waals surface area (Å²) in [5.74, 6) is 0.402. The molecule has 0 amide bonds. The van der Waals surface area contributed by atoms with Gasteiger partial charge >= 0.3 is 0 Å². The number of Topliss-reactive ketones (excluding diaryl/α,β-unsaturated/α-hetero) is 2. The fourth-order valence-electron chi connectivity index (χ4n) is 3.24. The van der Waals surface area contributed by atoms with Gasteiger partial charge in [0.2, 0.25) is 0 Å². The number of carbonyl (C=O) groups excluding carboxylic acids is 2. The van der Waals surface area contributed by atoms with Crippen molar-refractivity contribution in [1.29, 1.82) is 0 Å². The minimum Gasteiger partial charge on any atom is -0.295 e. The molecule has 0 N–H and O–H groups in total. The average Bonchev–Trinajstić information content (AvgIpc) is 2.86. The SMILES string of the molecule is CCCCC1=C(C(=O)c2ccccc2)C(CCCC)CC1=O. The zero-order valence-corrected chi connectivity index (χ0v) is 13.7. The number of hydrogen-bond donors (Lipinski definition) is 0. The van der Waals surface area contributed by atoms with E-state index < -0.39 is 0 Å². The number of unbranched alkanes of at least 4 members (excludes halogenated alkanes) is 2. The molecule has 2 rings (SSSR count). The van der Waals surface area contributed by atoms with Crippen LogP contribution in [0.5, 0.6) is 0 Å². The van der Waals surface area contributed by atoms with Crippen LogP contribution in [-0.4, -0.2) is 11.6 Å². The van der Waals surface area contributed by atoms with Crippen LogP contribution in [0.15, 0.2) is 41.5 Å². The van der Waals surface area contributed by atoms with Crippen LogP contribution in [0.25, 0.3) is 0 Å². The minimum absolute atomic E-state index is 0.0682. The van der Waals surface area contributed by atoms with Gasteiger partial charge in [-0.05, 0) is 25.2 Å². The van der Waals surface area contributed by atoms with Crippen LogP contribution in [0.2, 0.25) is 0 Å². The maximum absolute atomic E-state index is 12.9. The van der Waals surface area contributed by atoms with Crippen LogP contribution in [-0.2, 0) is 4.79 Å². The predicted octanol–water partition coefficient (Wildman–Crippen LogP) is 5.14. The topological polar surface area (TPSA) is 34.1 Å². The highest BCUT2D eigenvalue weighted by Gasteiger charge is 2.35. The van der Waals surface area contributed by atoms with Crippen LogP contribution < -0.4 is 0 Å². The maximum Gasteiger partial charge on any atom is 0.189 e. The smallest absolute Gasteiger partial charge is 0.189 e. The molecule has 2 heteroatoms. The van der Waals surface area contributed by atoms with E-state index in [0.717, 1.165) is 49.7 Å². The Balaban J connectivity index is 2.34. The van der Waals surface area contributed by atoms with E-state index in [1.807, 2.05) is 30.3 Å². The highest BCUT2D eigenvalue weighted by atomic mass is 16.1. The van der Waals surface area contributed by atoms with E-state index in [4.69, 9.17) is 0 Å². The van der Waals surface area contributed by atoms with Gasteiger partial charge < -0.3 is 0 Å². The molecule has 0 aromatic heterocycles. The van der Waals surface area contributed by atoms with Crippen molar-refractivity contribution in [3.05, 3.63) is 47.0 Å². The van der Waals surface area contributed by atoms with Gasteiger partial charge in [-0.25, -0.2) is 0 Å². The molecular weight excluding hydrogens is 272 g/mol. The van der Waals surface area contributed by atoms with Crippen molar-refractivity contribution in [2.75, 3.05) is 0 Å². The molecule has 0 spiro atoms. The standard InChI is InChI=1S/C20H26O2/c1-3-5-10-16-14-18(21)17(13-6-4-2)19(16)20(22)15-11-8-7-9-12-15/h7-9,11-12,16H,3-6,10,13-14H2,1-2H3. The summed E-state index contributed by atoms with van der Waals surface area (Å²) in [5, 5.41) is 0. The quantitative estimate of drug-likeness (QED) is 0.623. The molecule has 1 aliphatic rings. The van der Waals surface area contributed by atoms with Gasteiger partial charge in [0.15, 0.2) is 11.6 Å². The van der Waals surface area contributed by atoms with Crippen LogP contribution in [0.1, 0.15) is 69.2 Å².